The summed E-state index contributed by atoms with van der Waals surface area (Å²) in [5.74, 6) is 0. The fourth-order valence-electron chi connectivity index (χ4n) is 6.68. The second-order valence-corrected chi connectivity index (χ2v) is 10.5. The molecule has 0 radical (unpaired) electrons. The number of furan rings is 1. The average molecular weight is 495 g/mol. The first-order chi connectivity index (χ1) is 19.3. The van der Waals surface area contributed by atoms with Gasteiger partial charge in [-0.3, -0.25) is 0 Å². The summed E-state index contributed by atoms with van der Waals surface area (Å²) in [7, 11) is 0. The summed E-state index contributed by atoms with van der Waals surface area (Å²) in [5.41, 5.74) is 12.0. The lowest BCUT2D eigenvalue weighted by molar-refractivity contribution is 0.669. The quantitative estimate of drug-likeness (QED) is 0.233. The van der Waals surface area contributed by atoms with Gasteiger partial charge >= 0.3 is 0 Å². The van der Waals surface area contributed by atoms with Gasteiger partial charge in [-0.2, -0.15) is 0 Å². The zero-order valence-electron chi connectivity index (χ0n) is 21.1. The zero-order valence-corrected chi connectivity index (χ0v) is 21.1. The third kappa shape index (κ3) is 2.90. The predicted molar refractivity (Wildman–Crippen MR) is 164 cm³/mol. The summed E-state index contributed by atoms with van der Waals surface area (Å²) in [5, 5.41) is 7.53. The molecule has 9 rings (SSSR count). The third-order valence-electron chi connectivity index (χ3n) is 8.36. The number of benzene rings is 7. The van der Waals surface area contributed by atoms with Crippen molar-refractivity contribution in [2.24, 2.45) is 0 Å². The van der Waals surface area contributed by atoms with E-state index in [2.05, 4.69) is 127 Å². The Labute approximate surface area is 225 Å². The van der Waals surface area contributed by atoms with E-state index < -0.39 is 0 Å². The van der Waals surface area contributed by atoms with E-state index >= 15 is 0 Å². The Bertz CT molecular complexity index is 2270. The molecule has 0 unspecified atom stereocenters. The molecule has 1 nitrogen and oxygen atoms in total. The van der Waals surface area contributed by atoms with Crippen molar-refractivity contribution in [1.82, 2.24) is 0 Å². The predicted octanol–water partition coefficient (Wildman–Crippen LogP) is 10.9. The molecule has 0 bridgehead atoms. The number of fused-ring (bicyclic) bond motifs is 8. The Balaban J connectivity index is 1.42. The van der Waals surface area contributed by atoms with E-state index in [1.165, 1.54) is 71.4 Å². The van der Waals surface area contributed by atoms with Gasteiger partial charge in [0.2, 0.25) is 0 Å². The topological polar surface area (TPSA) is 13.1 Å². The van der Waals surface area contributed by atoms with Crippen LogP contribution in [0.5, 0.6) is 0 Å². The van der Waals surface area contributed by atoms with Crippen LogP contribution >= 0.6 is 0 Å². The van der Waals surface area contributed by atoms with Gasteiger partial charge in [-0.25, -0.2) is 0 Å². The number of rotatable bonds is 2. The van der Waals surface area contributed by atoms with Crippen LogP contribution < -0.4 is 0 Å². The largest absolute Gasteiger partial charge is 0.456 e. The number of hydrogen-bond acceptors (Lipinski definition) is 1. The second kappa shape index (κ2) is 7.69. The van der Waals surface area contributed by atoms with Crippen LogP contribution in [0, 0.1) is 0 Å². The lowest BCUT2D eigenvalue weighted by atomic mass is 9.92. The maximum absolute atomic E-state index is 6.25. The van der Waals surface area contributed by atoms with Crippen molar-refractivity contribution in [2.75, 3.05) is 0 Å². The van der Waals surface area contributed by atoms with Crippen molar-refractivity contribution in [1.29, 1.82) is 0 Å². The first kappa shape index (κ1) is 20.9. The standard InChI is InChI=1S/C38H22O/c1-2-9-23(10-3-1)25-19-27-20-26(29-14-8-16-35-38(29)31-13-6-7-15-34(31)39-35)22-32-30-18-17-24-11-4-5-12-28(24)37(30)33(21-25)36(27)32/h1-22H. The average Bonchev–Trinajstić information content (AvgIpc) is 3.54. The van der Waals surface area contributed by atoms with E-state index in [4.69, 9.17) is 4.42 Å². The van der Waals surface area contributed by atoms with E-state index in [1.807, 2.05) is 6.07 Å². The molecule has 1 aromatic heterocycles. The Morgan fingerprint density at radius 1 is 0.359 bits per heavy atom. The van der Waals surface area contributed by atoms with Crippen molar-refractivity contribution >= 4 is 43.5 Å². The summed E-state index contributed by atoms with van der Waals surface area (Å²) in [4.78, 5) is 0. The fraction of sp³-hybridized carbons (Fsp3) is 0. The molecule has 0 aliphatic heterocycles. The molecule has 0 N–H and O–H groups in total. The molecule has 8 aromatic rings. The van der Waals surface area contributed by atoms with Crippen molar-refractivity contribution in [3.8, 4) is 44.5 Å². The van der Waals surface area contributed by atoms with Crippen LogP contribution in [0.1, 0.15) is 0 Å². The maximum atomic E-state index is 6.25. The highest BCUT2D eigenvalue weighted by Gasteiger charge is 2.26. The lowest BCUT2D eigenvalue weighted by Crippen LogP contribution is -1.85. The fourth-order valence-corrected chi connectivity index (χ4v) is 6.68. The molecule has 1 aliphatic rings. The van der Waals surface area contributed by atoms with E-state index in [1.54, 1.807) is 0 Å². The van der Waals surface area contributed by atoms with Crippen molar-refractivity contribution in [3.63, 3.8) is 0 Å². The van der Waals surface area contributed by atoms with Gasteiger partial charge in [-0.1, -0.05) is 97.1 Å². The molecule has 0 amide bonds. The molecule has 180 valence electrons. The van der Waals surface area contributed by atoms with Gasteiger partial charge in [0.1, 0.15) is 11.2 Å². The summed E-state index contributed by atoms with van der Waals surface area (Å²) in [6, 6.07) is 48.4. The van der Waals surface area contributed by atoms with E-state index in [9.17, 15) is 0 Å². The highest BCUT2D eigenvalue weighted by molar-refractivity contribution is 6.23. The monoisotopic (exact) mass is 494 g/mol. The van der Waals surface area contributed by atoms with Gasteiger partial charge in [0.05, 0.1) is 0 Å². The molecule has 0 fully saturated rings. The van der Waals surface area contributed by atoms with Crippen LogP contribution in [0.3, 0.4) is 0 Å². The third-order valence-corrected chi connectivity index (χ3v) is 8.36. The molecule has 0 saturated heterocycles. The highest BCUT2D eigenvalue weighted by atomic mass is 16.3. The Hall–Kier alpha value is -5.14. The van der Waals surface area contributed by atoms with Crippen LogP contribution in [0.15, 0.2) is 138 Å². The van der Waals surface area contributed by atoms with Gasteiger partial charge in [0, 0.05) is 10.8 Å². The lowest BCUT2D eigenvalue weighted by Gasteiger charge is -2.11. The minimum Gasteiger partial charge on any atom is -0.456 e. The molecule has 1 aliphatic carbocycles. The maximum Gasteiger partial charge on any atom is 0.136 e. The minimum absolute atomic E-state index is 0.926. The SMILES string of the molecule is c1ccc(-c2cc3c4c(cc(-c5cccc6oc7ccccc7c56)cc4c2)-c2ccc4ccccc4c2-3)cc1. The van der Waals surface area contributed by atoms with Crippen LogP contribution in [0.25, 0.3) is 88.0 Å². The van der Waals surface area contributed by atoms with Crippen LogP contribution in [-0.2, 0) is 0 Å². The van der Waals surface area contributed by atoms with Gasteiger partial charge in [-0.15, -0.1) is 0 Å². The van der Waals surface area contributed by atoms with Crippen LogP contribution in [0.2, 0.25) is 0 Å². The molecule has 1 heterocycles. The molecule has 1 heteroatoms. The van der Waals surface area contributed by atoms with E-state index in [0.29, 0.717) is 0 Å². The van der Waals surface area contributed by atoms with Gasteiger partial charge < -0.3 is 4.42 Å². The van der Waals surface area contributed by atoms with Crippen LogP contribution in [0.4, 0.5) is 0 Å². The van der Waals surface area contributed by atoms with E-state index in [0.717, 1.165) is 16.6 Å². The molecule has 0 saturated carbocycles. The molecular formula is C38H22O. The number of hydrogen-bond donors (Lipinski definition) is 0. The highest BCUT2D eigenvalue weighted by Crippen LogP contribution is 2.53. The molecule has 39 heavy (non-hydrogen) atoms. The van der Waals surface area contributed by atoms with Gasteiger partial charge in [0.25, 0.3) is 0 Å². The second-order valence-electron chi connectivity index (χ2n) is 10.5. The van der Waals surface area contributed by atoms with Crippen molar-refractivity contribution < 1.29 is 4.42 Å². The Kier molecular flexibility index (Phi) is 4.11. The first-order valence-corrected chi connectivity index (χ1v) is 13.4. The minimum atomic E-state index is 0.926. The summed E-state index contributed by atoms with van der Waals surface area (Å²) < 4.78 is 6.25. The molecular weight excluding hydrogens is 472 g/mol. The number of para-hydroxylation sites is 1. The Morgan fingerprint density at radius 3 is 2.03 bits per heavy atom. The Morgan fingerprint density at radius 2 is 1.10 bits per heavy atom. The molecule has 7 aromatic carbocycles. The normalized spacial score (nSPS) is 12.1. The summed E-state index contributed by atoms with van der Waals surface area (Å²) in [6.07, 6.45) is 0. The zero-order chi connectivity index (χ0) is 25.5. The van der Waals surface area contributed by atoms with Crippen LogP contribution in [-0.4, -0.2) is 0 Å². The van der Waals surface area contributed by atoms with E-state index in [-0.39, 0.29) is 0 Å². The first-order valence-electron chi connectivity index (χ1n) is 13.4. The molecule has 0 atom stereocenters. The molecule has 0 spiro atoms. The summed E-state index contributed by atoms with van der Waals surface area (Å²) >= 11 is 0. The van der Waals surface area contributed by atoms with Gasteiger partial charge in [-0.05, 0) is 102 Å². The summed E-state index contributed by atoms with van der Waals surface area (Å²) in [6.45, 7) is 0. The van der Waals surface area contributed by atoms with Gasteiger partial charge in [0.15, 0.2) is 0 Å². The van der Waals surface area contributed by atoms with Crippen molar-refractivity contribution in [3.05, 3.63) is 133 Å². The smallest absolute Gasteiger partial charge is 0.136 e. The van der Waals surface area contributed by atoms with Crippen molar-refractivity contribution in [2.45, 2.75) is 0 Å².